The van der Waals surface area contributed by atoms with Gasteiger partial charge in [-0.3, -0.25) is 4.99 Å². The lowest BCUT2D eigenvalue weighted by atomic mass is 10.1. The highest BCUT2D eigenvalue weighted by molar-refractivity contribution is 5.79. The van der Waals surface area contributed by atoms with E-state index in [1.165, 1.54) is 0 Å². The fourth-order valence-electron chi connectivity index (χ4n) is 3.17. The fraction of sp³-hybridized carbons (Fsp3) is 0.273. The van der Waals surface area contributed by atoms with E-state index in [-0.39, 0.29) is 0 Å². The molecule has 0 unspecified atom stereocenters. The SMILES string of the molecule is CN=C(NCc1ccccc1OC)NCc1ccccc1-n1nc(C)cc1C. The number of methoxy groups -OCH3 is 1. The van der Waals surface area contributed by atoms with Gasteiger partial charge in [-0.15, -0.1) is 0 Å². The standard InChI is InChI=1S/C22H27N5O/c1-16-13-17(2)27(26-16)20-11-7-5-9-18(20)14-24-22(23-3)25-15-19-10-6-8-12-21(19)28-4/h5-13H,14-15H2,1-4H3,(H2,23,24,25). The second kappa shape index (κ2) is 9.08. The van der Waals surface area contributed by atoms with Crippen molar-refractivity contribution >= 4 is 5.96 Å². The van der Waals surface area contributed by atoms with Gasteiger partial charge in [-0.05, 0) is 37.6 Å². The van der Waals surface area contributed by atoms with E-state index in [2.05, 4.69) is 45.8 Å². The lowest BCUT2D eigenvalue weighted by Crippen LogP contribution is -2.36. The van der Waals surface area contributed by atoms with Gasteiger partial charge >= 0.3 is 0 Å². The topological polar surface area (TPSA) is 63.5 Å². The zero-order valence-corrected chi connectivity index (χ0v) is 16.9. The van der Waals surface area contributed by atoms with E-state index in [1.54, 1.807) is 14.2 Å². The van der Waals surface area contributed by atoms with Crippen LogP contribution in [0.5, 0.6) is 5.75 Å². The maximum absolute atomic E-state index is 5.41. The van der Waals surface area contributed by atoms with Crippen molar-refractivity contribution in [1.82, 2.24) is 20.4 Å². The highest BCUT2D eigenvalue weighted by atomic mass is 16.5. The van der Waals surface area contributed by atoms with Crippen LogP contribution in [-0.2, 0) is 13.1 Å². The Kier molecular flexibility index (Phi) is 6.32. The summed E-state index contributed by atoms with van der Waals surface area (Å²) < 4.78 is 7.39. The third-order valence-electron chi connectivity index (χ3n) is 4.54. The number of ether oxygens (including phenoxy) is 1. The molecule has 1 heterocycles. The molecule has 0 saturated heterocycles. The van der Waals surface area contributed by atoms with Crippen molar-refractivity contribution in [2.75, 3.05) is 14.2 Å². The number of para-hydroxylation sites is 2. The molecule has 6 nitrogen and oxygen atoms in total. The minimum absolute atomic E-state index is 0.628. The molecule has 0 fully saturated rings. The molecule has 0 aliphatic heterocycles. The number of hydrogen-bond donors (Lipinski definition) is 2. The van der Waals surface area contributed by atoms with Gasteiger partial charge in [0.15, 0.2) is 5.96 Å². The number of aliphatic imine (C=N–C) groups is 1. The van der Waals surface area contributed by atoms with Crippen molar-refractivity contribution in [1.29, 1.82) is 0 Å². The average Bonchev–Trinajstić information content (AvgIpc) is 3.06. The van der Waals surface area contributed by atoms with E-state index >= 15 is 0 Å². The molecule has 0 aliphatic carbocycles. The Morgan fingerprint density at radius 2 is 1.64 bits per heavy atom. The third-order valence-corrected chi connectivity index (χ3v) is 4.54. The van der Waals surface area contributed by atoms with Gasteiger partial charge in [-0.2, -0.15) is 5.10 Å². The first-order valence-corrected chi connectivity index (χ1v) is 9.30. The van der Waals surface area contributed by atoms with Gasteiger partial charge in [-0.1, -0.05) is 36.4 Å². The second-order valence-corrected chi connectivity index (χ2v) is 6.56. The number of nitrogens with zero attached hydrogens (tertiary/aromatic N) is 3. The number of aryl methyl sites for hydroxylation is 2. The van der Waals surface area contributed by atoms with E-state index < -0.39 is 0 Å². The molecule has 6 heteroatoms. The maximum Gasteiger partial charge on any atom is 0.191 e. The second-order valence-electron chi connectivity index (χ2n) is 6.56. The summed E-state index contributed by atoms with van der Waals surface area (Å²) in [5.74, 6) is 1.59. The molecule has 28 heavy (non-hydrogen) atoms. The molecule has 0 bridgehead atoms. The molecule has 146 valence electrons. The first kappa shape index (κ1) is 19.5. The predicted molar refractivity (Wildman–Crippen MR) is 113 cm³/mol. The first-order valence-electron chi connectivity index (χ1n) is 9.30. The lowest BCUT2D eigenvalue weighted by Gasteiger charge is -2.16. The Labute approximate surface area is 166 Å². The minimum atomic E-state index is 0.628. The number of guanidine groups is 1. The van der Waals surface area contributed by atoms with Crippen LogP contribution in [0.15, 0.2) is 59.6 Å². The van der Waals surface area contributed by atoms with E-state index in [1.807, 2.05) is 48.0 Å². The Bertz CT molecular complexity index is 961. The summed E-state index contributed by atoms with van der Waals surface area (Å²) in [6, 6.07) is 18.3. The summed E-state index contributed by atoms with van der Waals surface area (Å²) >= 11 is 0. The number of benzene rings is 2. The van der Waals surface area contributed by atoms with Crippen LogP contribution in [0.25, 0.3) is 5.69 Å². The Hall–Kier alpha value is -3.28. The summed E-state index contributed by atoms with van der Waals surface area (Å²) in [4.78, 5) is 4.33. The van der Waals surface area contributed by atoms with E-state index in [4.69, 9.17) is 4.74 Å². The zero-order chi connectivity index (χ0) is 19.9. The van der Waals surface area contributed by atoms with Crippen molar-refractivity contribution in [3.05, 3.63) is 77.1 Å². The summed E-state index contributed by atoms with van der Waals surface area (Å²) in [6.07, 6.45) is 0. The van der Waals surface area contributed by atoms with Crippen molar-refractivity contribution < 1.29 is 4.74 Å². The van der Waals surface area contributed by atoms with Gasteiger partial charge in [0.2, 0.25) is 0 Å². The van der Waals surface area contributed by atoms with Crippen LogP contribution in [0.2, 0.25) is 0 Å². The number of nitrogens with one attached hydrogen (secondary N) is 2. The van der Waals surface area contributed by atoms with Crippen molar-refractivity contribution in [3.8, 4) is 11.4 Å². The highest BCUT2D eigenvalue weighted by Crippen LogP contribution is 2.18. The monoisotopic (exact) mass is 377 g/mol. The smallest absolute Gasteiger partial charge is 0.191 e. The number of rotatable bonds is 6. The molecule has 0 saturated carbocycles. The normalized spacial score (nSPS) is 11.4. The fourth-order valence-corrected chi connectivity index (χ4v) is 3.17. The van der Waals surface area contributed by atoms with Crippen molar-refractivity contribution in [2.24, 2.45) is 4.99 Å². The van der Waals surface area contributed by atoms with Crippen LogP contribution in [0.3, 0.4) is 0 Å². The van der Waals surface area contributed by atoms with E-state index in [0.717, 1.165) is 39.9 Å². The quantitative estimate of drug-likeness (QED) is 0.511. The molecule has 0 atom stereocenters. The summed E-state index contributed by atoms with van der Waals surface area (Å²) in [6.45, 7) is 5.34. The van der Waals surface area contributed by atoms with E-state index in [0.29, 0.717) is 13.1 Å². The van der Waals surface area contributed by atoms with Crippen LogP contribution in [0.4, 0.5) is 0 Å². The molecule has 0 aliphatic rings. The van der Waals surface area contributed by atoms with Gasteiger partial charge in [0.25, 0.3) is 0 Å². The molecule has 0 amide bonds. The van der Waals surface area contributed by atoms with Gasteiger partial charge < -0.3 is 15.4 Å². The Morgan fingerprint density at radius 3 is 2.29 bits per heavy atom. The molecule has 3 aromatic rings. The molecule has 0 spiro atoms. The number of hydrogen-bond acceptors (Lipinski definition) is 3. The highest BCUT2D eigenvalue weighted by Gasteiger charge is 2.09. The van der Waals surface area contributed by atoms with Crippen molar-refractivity contribution in [3.63, 3.8) is 0 Å². The molecule has 1 aromatic heterocycles. The van der Waals surface area contributed by atoms with Gasteiger partial charge in [0, 0.05) is 31.4 Å². The van der Waals surface area contributed by atoms with Gasteiger partial charge in [0.1, 0.15) is 5.75 Å². The molecule has 2 aromatic carbocycles. The van der Waals surface area contributed by atoms with Crippen LogP contribution in [-0.4, -0.2) is 29.9 Å². The number of aromatic nitrogens is 2. The van der Waals surface area contributed by atoms with Crippen LogP contribution >= 0.6 is 0 Å². The molecular formula is C22H27N5O. The third kappa shape index (κ3) is 4.52. The Balaban J connectivity index is 1.68. The largest absolute Gasteiger partial charge is 0.496 e. The maximum atomic E-state index is 5.41. The minimum Gasteiger partial charge on any atom is -0.496 e. The summed E-state index contributed by atoms with van der Waals surface area (Å²) in [5, 5.41) is 11.3. The van der Waals surface area contributed by atoms with E-state index in [9.17, 15) is 0 Å². The zero-order valence-electron chi connectivity index (χ0n) is 16.9. The molecular weight excluding hydrogens is 350 g/mol. The molecule has 2 N–H and O–H groups in total. The first-order chi connectivity index (χ1) is 13.6. The Morgan fingerprint density at radius 1 is 1.00 bits per heavy atom. The lowest BCUT2D eigenvalue weighted by molar-refractivity contribution is 0.409. The summed E-state index contributed by atoms with van der Waals surface area (Å²) in [7, 11) is 3.45. The average molecular weight is 377 g/mol. The molecule has 0 radical (unpaired) electrons. The van der Waals surface area contributed by atoms with Gasteiger partial charge in [0.05, 0.1) is 18.5 Å². The predicted octanol–water partition coefficient (Wildman–Crippen LogP) is 3.36. The molecule has 3 rings (SSSR count). The van der Waals surface area contributed by atoms with Crippen LogP contribution in [0.1, 0.15) is 22.5 Å². The van der Waals surface area contributed by atoms with Crippen LogP contribution in [0, 0.1) is 13.8 Å². The van der Waals surface area contributed by atoms with Crippen molar-refractivity contribution in [2.45, 2.75) is 26.9 Å². The van der Waals surface area contributed by atoms with Gasteiger partial charge in [-0.25, -0.2) is 4.68 Å². The summed E-state index contributed by atoms with van der Waals surface area (Å²) in [5.41, 5.74) is 5.42. The van der Waals surface area contributed by atoms with Crippen LogP contribution < -0.4 is 15.4 Å².